The first kappa shape index (κ1) is 24.6. The zero-order chi connectivity index (χ0) is 26.8. The predicted molar refractivity (Wildman–Crippen MR) is 157 cm³/mol. The van der Waals surface area contributed by atoms with Crippen LogP contribution in [0.2, 0.25) is 0 Å². The summed E-state index contributed by atoms with van der Waals surface area (Å²) in [6, 6.07) is 25.8. The van der Waals surface area contributed by atoms with Crippen molar-refractivity contribution in [1.82, 2.24) is 14.8 Å². The van der Waals surface area contributed by atoms with Gasteiger partial charge >= 0.3 is 0 Å². The maximum atomic E-state index is 14.4. The summed E-state index contributed by atoms with van der Waals surface area (Å²) in [4.78, 5) is 23.3. The first-order valence-corrected chi connectivity index (χ1v) is 14.6. The van der Waals surface area contributed by atoms with Crippen molar-refractivity contribution < 1.29 is 9.18 Å². The number of halogens is 1. The molecule has 0 radical (unpaired) electrons. The number of thiophene rings is 1. The number of nitrogens with zero attached hydrogens (tertiary/aromatic N) is 2. The van der Waals surface area contributed by atoms with Gasteiger partial charge in [0.25, 0.3) is 5.91 Å². The highest BCUT2D eigenvalue weighted by Gasteiger charge is 2.53. The number of benzene rings is 3. The Kier molecular flexibility index (Phi) is 5.69. The molecule has 1 fully saturated rings. The summed E-state index contributed by atoms with van der Waals surface area (Å²) in [6.07, 6.45) is 4.10. The molecule has 4 nitrogen and oxygen atoms in total. The Labute approximate surface area is 232 Å². The SMILES string of the molecule is CN(C)[C@]1(c2cccc(F)c2)CC[C@]2(CC1)c1[nH]c3ccccc3c1CCN2C(=O)c1cc2ccccc2s1. The number of nitrogens with one attached hydrogen (secondary N) is 1. The van der Waals surface area contributed by atoms with Gasteiger partial charge in [0.05, 0.1) is 10.4 Å². The monoisotopic (exact) mass is 537 g/mol. The molecule has 7 rings (SSSR count). The van der Waals surface area contributed by atoms with Crippen molar-refractivity contribution in [3.8, 4) is 0 Å². The van der Waals surface area contributed by atoms with Gasteiger partial charge in [-0.15, -0.1) is 11.3 Å². The topological polar surface area (TPSA) is 39.3 Å². The van der Waals surface area contributed by atoms with Crippen LogP contribution in [0.5, 0.6) is 0 Å². The van der Waals surface area contributed by atoms with Crippen LogP contribution in [0.15, 0.2) is 78.9 Å². The van der Waals surface area contributed by atoms with Crippen molar-refractivity contribution in [2.24, 2.45) is 0 Å². The van der Waals surface area contributed by atoms with Gasteiger partial charge in [0.2, 0.25) is 0 Å². The first-order valence-electron chi connectivity index (χ1n) is 13.8. The van der Waals surface area contributed by atoms with Gasteiger partial charge in [0, 0.05) is 33.4 Å². The molecule has 1 spiro atoms. The highest BCUT2D eigenvalue weighted by atomic mass is 32.1. The third-order valence-corrected chi connectivity index (χ3v) is 10.5. The van der Waals surface area contributed by atoms with E-state index in [1.165, 1.54) is 22.7 Å². The lowest BCUT2D eigenvalue weighted by Crippen LogP contribution is -2.58. The molecule has 0 saturated heterocycles. The third kappa shape index (κ3) is 3.69. The molecule has 1 saturated carbocycles. The lowest BCUT2D eigenvalue weighted by molar-refractivity contribution is -0.0140. The van der Waals surface area contributed by atoms with E-state index in [0.29, 0.717) is 6.54 Å². The molecule has 1 aliphatic carbocycles. The van der Waals surface area contributed by atoms with E-state index in [1.807, 2.05) is 18.2 Å². The molecule has 1 aliphatic heterocycles. The number of carbonyl (C=O) groups excluding carboxylic acids is 1. The van der Waals surface area contributed by atoms with E-state index in [9.17, 15) is 9.18 Å². The Bertz CT molecular complexity index is 1680. The number of rotatable bonds is 3. The van der Waals surface area contributed by atoms with Gasteiger partial charge in [-0.3, -0.25) is 9.69 Å². The minimum Gasteiger partial charge on any atom is -0.356 e. The molecule has 5 aromatic rings. The largest absolute Gasteiger partial charge is 0.356 e. The third-order valence-electron chi connectivity index (χ3n) is 9.38. The number of H-pyrrole nitrogens is 1. The molecule has 198 valence electrons. The van der Waals surface area contributed by atoms with Crippen LogP contribution in [-0.2, 0) is 17.5 Å². The van der Waals surface area contributed by atoms with Crippen molar-refractivity contribution in [2.75, 3.05) is 20.6 Å². The molecule has 6 heteroatoms. The second kappa shape index (κ2) is 9.04. The van der Waals surface area contributed by atoms with Crippen molar-refractivity contribution in [3.05, 3.63) is 106 Å². The van der Waals surface area contributed by atoms with E-state index < -0.39 is 5.54 Å². The molecule has 3 heterocycles. The Morgan fingerprint density at radius 3 is 2.49 bits per heavy atom. The Balaban J connectivity index is 1.34. The minimum atomic E-state index is -0.438. The fraction of sp³-hybridized carbons (Fsp3) is 0.303. The van der Waals surface area contributed by atoms with Crippen LogP contribution in [0.1, 0.15) is 52.2 Å². The normalized spacial score (nSPS) is 23.1. The van der Waals surface area contributed by atoms with Crippen LogP contribution in [0.4, 0.5) is 4.39 Å². The molecule has 1 amide bonds. The Morgan fingerprint density at radius 1 is 0.949 bits per heavy atom. The number of hydrogen-bond donors (Lipinski definition) is 1. The molecule has 2 aliphatic rings. The molecule has 3 aromatic carbocycles. The standard InChI is InChI=1S/C33H32FN3OS/c1-36(2)32(23-9-7-10-24(34)21-23)15-17-33(18-16-32)30-26(25-11-4-5-12-27(25)35-30)14-19-37(33)31(38)29-20-22-8-3-6-13-28(22)39-29/h3-13,20-21,35H,14-19H2,1-2H3/t32-,33+. The molecule has 39 heavy (non-hydrogen) atoms. The summed E-state index contributed by atoms with van der Waals surface area (Å²) >= 11 is 1.58. The average Bonchev–Trinajstić information content (AvgIpc) is 3.56. The quantitative estimate of drug-likeness (QED) is 0.260. The van der Waals surface area contributed by atoms with E-state index in [-0.39, 0.29) is 17.3 Å². The number of amides is 1. The van der Waals surface area contributed by atoms with Gasteiger partial charge in [-0.25, -0.2) is 4.39 Å². The highest BCUT2D eigenvalue weighted by Crippen LogP contribution is 2.54. The molecule has 0 bridgehead atoms. The fourth-order valence-corrected chi connectivity index (χ4v) is 8.33. The predicted octanol–water partition coefficient (Wildman–Crippen LogP) is 7.45. The van der Waals surface area contributed by atoms with Gasteiger partial charge in [-0.05, 0) is 93.0 Å². The highest BCUT2D eigenvalue weighted by molar-refractivity contribution is 7.20. The Morgan fingerprint density at radius 2 is 1.72 bits per heavy atom. The summed E-state index contributed by atoms with van der Waals surface area (Å²) in [5.41, 5.74) is 3.95. The van der Waals surface area contributed by atoms with Crippen LogP contribution in [0.3, 0.4) is 0 Å². The fourth-order valence-electron chi connectivity index (χ4n) is 7.31. The summed E-state index contributed by atoms with van der Waals surface area (Å²) in [5, 5.41) is 2.37. The van der Waals surface area contributed by atoms with E-state index in [2.05, 4.69) is 77.4 Å². The van der Waals surface area contributed by atoms with Crippen LogP contribution in [-0.4, -0.2) is 41.3 Å². The number of hydrogen-bond acceptors (Lipinski definition) is 3. The molecule has 1 N–H and O–H groups in total. The maximum absolute atomic E-state index is 14.4. The van der Waals surface area contributed by atoms with Gasteiger partial charge in [0.1, 0.15) is 5.82 Å². The molecular formula is C33H32FN3OS. The van der Waals surface area contributed by atoms with E-state index in [0.717, 1.165) is 58.1 Å². The van der Waals surface area contributed by atoms with Gasteiger partial charge in [0.15, 0.2) is 0 Å². The minimum absolute atomic E-state index is 0.114. The van der Waals surface area contributed by atoms with Crippen molar-refractivity contribution in [2.45, 2.75) is 43.2 Å². The van der Waals surface area contributed by atoms with E-state index in [1.54, 1.807) is 17.4 Å². The van der Waals surface area contributed by atoms with Gasteiger partial charge < -0.3 is 9.88 Å². The summed E-state index contributed by atoms with van der Waals surface area (Å²) in [6.45, 7) is 0.691. The van der Waals surface area contributed by atoms with Crippen LogP contribution in [0.25, 0.3) is 21.0 Å². The molecule has 0 unspecified atom stereocenters. The van der Waals surface area contributed by atoms with Gasteiger partial charge in [-0.1, -0.05) is 48.5 Å². The number of aromatic amines is 1. The summed E-state index contributed by atoms with van der Waals surface area (Å²) in [7, 11) is 4.19. The molecular weight excluding hydrogens is 505 g/mol. The van der Waals surface area contributed by atoms with E-state index >= 15 is 0 Å². The number of aromatic nitrogens is 1. The lowest BCUT2D eigenvalue weighted by Gasteiger charge is -2.55. The summed E-state index contributed by atoms with van der Waals surface area (Å²) in [5.74, 6) is -0.0882. The van der Waals surface area contributed by atoms with Crippen molar-refractivity contribution in [3.63, 3.8) is 0 Å². The zero-order valence-corrected chi connectivity index (χ0v) is 23.2. The average molecular weight is 538 g/mol. The van der Waals surface area contributed by atoms with Crippen LogP contribution < -0.4 is 0 Å². The van der Waals surface area contributed by atoms with Crippen LogP contribution >= 0.6 is 11.3 Å². The second-order valence-corrected chi connectivity index (χ2v) is 12.4. The van der Waals surface area contributed by atoms with Crippen molar-refractivity contribution >= 4 is 38.2 Å². The smallest absolute Gasteiger partial charge is 0.264 e. The lowest BCUT2D eigenvalue weighted by atomic mass is 9.65. The van der Waals surface area contributed by atoms with E-state index in [4.69, 9.17) is 0 Å². The number of carbonyl (C=O) groups is 1. The van der Waals surface area contributed by atoms with Crippen LogP contribution in [0, 0.1) is 5.82 Å². The molecule has 0 atom stereocenters. The van der Waals surface area contributed by atoms with Gasteiger partial charge in [-0.2, -0.15) is 0 Å². The first-order chi connectivity index (χ1) is 18.9. The molecule has 2 aromatic heterocycles. The maximum Gasteiger partial charge on any atom is 0.264 e. The number of fused-ring (bicyclic) bond motifs is 5. The second-order valence-electron chi connectivity index (χ2n) is 11.3. The summed E-state index contributed by atoms with van der Waals surface area (Å²) < 4.78 is 15.5. The van der Waals surface area contributed by atoms with Crippen molar-refractivity contribution in [1.29, 1.82) is 0 Å². The number of para-hydroxylation sites is 1. The Hall–Kier alpha value is -3.48. The zero-order valence-electron chi connectivity index (χ0n) is 22.3.